The van der Waals surface area contributed by atoms with Gasteiger partial charge in [0, 0.05) is 26.7 Å². The first-order chi connectivity index (χ1) is 8.28. The second kappa shape index (κ2) is 6.15. The van der Waals surface area contributed by atoms with Crippen molar-refractivity contribution < 1.29 is 9.84 Å². The van der Waals surface area contributed by atoms with E-state index >= 15 is 0 Å². The van der Waals surface area contributed by atoms with Gasteiger partial charge < -0.3 is 9.84 Å². The number of aliphatic hydroxyl groups excluding tert-OH is 1. The summed E-state index contributed by atoms with van der Waals surface area (Å²) in [5.41, 5.74) is 2.55. The maximum absolute atomic E-state index is 9.45. The van der Waals surface area contributed by atoms with Gasteiger partial charge in [-0.15, -0.1) is 0 Å². The molecule has 3 nitrogen and oxygen atoms in total. The first-order valence-electron chi connectivity index (χ1n) is 6.25. The zero-order valence-electron chi connectivity index (χ0n) is 10.4. The zero-order chi connectivity index (χ0) is 12.1. The van der Waals surface area contributed by atoms with Crippen LogP contribution in [0.5, 0.6) is 0 Å². The summed E-state index contributed by atoms with van der Waals surface area (Å²) in [6.45, 7) is 3.66. The lowest BCUT2D eigenvalue weighted by atomic mass is 10.1. The highest BCUT2D eigenvalue weighted by molar-refractivity contribution is 5.22. The Kier molecular flexibility index (Phi) is 4.54. The number of methoxy groups -OCH3 is 1. The third-order valence-electron chi connectivity index (χ3n) is 3.30. The Morgan fingerprint density at radius 3 is 2.35 bits per heavy atom. The van der Waals surface area contributed by atoms with E-state index in [1.807, 2.05) is 0 Å². The number of rotatable bonds is 4. The Hall–Kier alpha value is -0.900. The van der Waals surface area contributed by atoms with Crippen molar-refractivity contribution in [3.63, 3.8) is 0 Å². The molecule has 0 unspecified atom stereocenters. The first-order valence-corrected chi connectivity index (χ1v) is 6.25. The molecule has 3 heteroatoms. The van der Waals surface area contributed by atoms with Crippen LogP contribution in [0.15, 0.2) is 24.3 Å². The van der Waals surface area contributed by atoms with Crippen LogP contribution in [0.4, 0.5) is 0 Å². The van der Waals surface area contributed by atoms with Gasteiger partial charge in [0.1, 0.15) is 0 Å². The summed E-state index contributed by atoms with van der Waals surface area (Å²) >= 11 is 0. The minimum atomic E-state index is -0.0877. The molecule has 0 amide bonds. The summed E-state index contributed by atoms with van der Waals surface area (Å²) in [7, 11) is 1.72. The Balaban J connectivity index is 1.86. The highest BCUT2D eigenvalue weighted by Crippen LogP contribution is 2.14. The average Bonchev–Trinajstić information content (AvgIpc) is 2.35. The van der Waals surface area contributed by atoms with Crippen molar-refractivity contribution in [2.75, 3.05) is 20.2 Å². The molecule has 1 aromatic carbocycles. The van der Waals surface area contributed by atoms with Crippen molar-refractivity contribution >= 4 is 0 Å². The molecule has 17 heavy (non-hydrogen) atoms. The van der Waals surface area contributed by atoms with Gasteiger partial charge in [-0.1, -0.05) is 24.3 Å². The van der Waals surface area contributed by atoms with Crippen molar-refractivity contribution in [2.45, 2.75) is 32.1 Å². The Labute approximate surface area is 103 Å². The smallest absolute Gasteiger partial charge is 0.0713 e. The maximum Gasteiger partial charge on any atom is 0.0713 e. The summed E-state index contributed by atoms with van der Waals surface area (Å²) in [6, 6.07) is 8.58. The topological polar surface area (TPSA) is 32.7 Å². The second-order valence-electron chi connectivity index (χ2n) is 4.76. The number of hydrogen-bond donors (Lipinski definition) is 1. The molecule has 2 rings (SSSR count). The van der Waals surface area contributed by atoms with Gasteiger partial charge in [-0.05, 0) is 24.0 Å². The van der Waals surface area contributed by atoms with E-state index in [1.165, 1.54) is 11.1 Å². The lowest BCUT2D eigenvalue weighted by Gasteiger charge is -2.29. The van der Waals surface area contributed by atoms with Gasteiger partial charge in [-0.2, -0.15) is 0 Å². The normalized spacial score (nSPS) is 18.5. The number of hydrogen-bond acceptors (Lipinski definition) is 3. The largest absolute Gasteiger partial charge is 0.393 e. The molecule has 94 valence electrons. The SMILES string of the molecule is COCc1ccc(CN2CCC(O)CC2)cc1. The van der Waals surface area contributed by atoms with E-state index in [-0.39, 0.29) is 6.10 Å². The van der Waals surface area contributed by atoms with E-state index < -0.39 is 0 Å². The van der Waals surface area contributed by atoms with Gasteiger partial charge in [0.2, 0.25) is 0 Å². The molecular weight excluding hydrogens is 214 g/mol. The molecule has 1 N–H and O–H groups in total. The van der Waals surface area contributed by atoms with Crippen molar-refractivity contribution in [1.29, 1.82) is 0 Å². The number of aliphatic hydroxyl groups is 1. The minimum Gasteiger partial charge on any atom is -0.393 e. The van der Waals surface area contributed by atoms with E-state index in [9.17, 15) is 5.11 Å². The van der Waals surface area contributed by atoms with E-state index in [4.69, 9.17) is 4.74 Å². The fraction of sp³-hybridized carbons (Fsp3) is 0.571. The lowest BCUT2D eigenvalue weighted by Crippen LogP contribution is -2.35. The molecule has 0 radical (unpaired) electrons. The van der Waals surface area contributed by atoms with Crippen molar-refractivity contribution in [3.05, 3.63) is 35.4 Å². The third kappa shape index (κ3) is 3.80. The number of nitrogens with zero attached hydrogens (tertiary/aromatic N) is 1. The molecule has 0 saturated carbocycles. The molecule has 0 bridgehead atoms. The van der Waals surface area contributed by atoms with Crippen molar-refractivity contribution in [3.8, 4) is 0 Å². The number of likely N-dealkylation sites (tertiary alicyclic amines) is 1. The van der Waals surface area contributed by atoms with Crippen LogP contribution in [0.25, 0.3) is 0 Å². The van der Waals surface area contributed by atoms with Crippen LogP contribution < -0.4 is 0 Å². The molecular formula is C14H21NO2. The van der Waals surface area contributed by atoms with Gasteiger partial charge in [-0.25, -0.2) is 0 Å². The highest BCUT2D eigenvalue weighted by Gasteiger charge is 2.16. The monoisotopic (exact) mass is 235 g/mol. The second-order valence-corrected chi connectivity index (χ2v) is 4.76. The quantitative estimate of drug-likeness (QED) is 0.863. The van der Waals surface area contributed by atoms with Gasteiger partial charge >= 0.3 is 0 Å². The number of piperidine rings is 1. The predicted octanol–water partition coefficient (Wildman–Crippen LogP) is 1.79. The summed E-state index contributed by atoms with van der Waals surface area (Å²) in [5.74, 6) is 0. The molecule has 1 fully saturated rings. The average molecular weight is 235 g/mol. The van der Waals surface area contributed by atoms with Gasteiger partial charge in [-0.3, -0.25) is 4.90 Å². The van der Waals surface area contributed by atoms with Crippen LogP contribution in [0.1, 0.15) is 24.0 Å². The van der Waals surface area contributed by atoms with Crippen LogP contribution >= 0.6 is 0 Å². The molecule has 0 aromatic heterocycles. The lowest BCUT2D eigenvalue weighted by molar-refractivity contribution is 0.0792. The van der Waals surface area contributed by atoms with E-state index in [2.05, 4.69) is 29.2 Å². The maximum atomic E-state index is 9.45. The van der Waals surface area contributed by atoms with Gasteiger partial charge in [0.25, 0.3) is 0 Å². The Morgan fingerprint density at radius 2 is 1.76 bits per heavy atom. The number of ether oxygens (including phenoxy) is 1. The molecule has 1 aliphatic heterocycles. The standard InChI is InChI=1S/C14H21NO2/c1-17-11-13-4-2-12(3-5-13)10-15-8-6-14(16)7-9-15/h2-5,14,16H,6-11H2,1H3. The summed E-state index contributed by atoms with van der Waals surface area (Å²) in [6.07, 6.45) is 1.72. The Bertz CT molecular complexity index is 329. The van der Waals surface area contributed by atoms with E-state index in [0.717, 1.165) is 32.5 Å². The van der Waals surface area contributed by atoms with E-state index in [0.29, 0.717) is 6.61 Å². The molecule has 0 spiro atoms. The van der Waals surface area contributed by atoms with Crippen LogP contribution in [-0.2, 0) is 17.9 Å². The molecule has 1 saturated heterocycles. The van der Waals surface area contributed by atoms with Gasteiger partial charge in [0.15, 0.2) is 0 Å². The van der Waals surface area contributed by atoms with E-state index in [1.54, 1.807) is 7.11 Å². The van der Waals surface area contributed by atoms with Crippen LogP contribution in [-0.4, -0.2) is 36.3 Å². The van der Waals surface area contributed by atoms with Crippen molar-refractivity contribution in [1.82, 2.24) is 4.90 Å². The number of benzene rings is 1. The highest BCUT2D eigenvalue weighted by atomic mass is 16.5. The van der Waals surface area contributed by atoms with Crippen LogP contribution in [0.3, 0.4) is 0 Å². The molecule has 1 aliphatic rings. The fourth-order valence-electron chi connectivity index (χ4n) is 2.24. The fourth-order valence-corrected chi connectivity index (χ4v) is 2.24. The predicted molar refractivity (Wildman–Crippen MR) is 67.7 cm³/mol. The minimum absolute atomic E-state index is 0.0877. The molecule has 1 aromatic rings. The zero-order valence-corrected chi connectivity index (χ0v) is 10.4. The van der Waals surface area contributed by atoms with Crippen LogP contribution in [0, 0.1) is 0 Å². The molecule has 0 aliphatic carbocycles. The molecule has 1 heterocycles. The van der Waals surface area contributed by atoms with Crippen LogP contribution in [0.2, 0.25) is 0 Å². The summed E-state index contributed by atoms with van der Waals surface area (Å²) < 4.78 is 5.09. The first kappa shape index (κ1) is 12.6. The third-order valence-corrected chi connectivity index (χ3v) is 3.30. The van der Waals surface area contributed by atoms with Gasteiger partial charge in [0.05, 0.1) is 12.7 Å². The Morgan fingerprint density at radius 1 is 1.18 bits per heavy atom. The molecule has 0 atom stereocenters. The summed E-state index contributed by atoms with van der Waals surface area (Å²) in [4.78, 5) is 2.40. The van der Waals surface area contributed by atoms with Crippen molar-refractivity contribution in [2.24, 2.45) is 0 Å². The summed E-state index contributed by atoms with van der Waals surface area (Å²) in [5, 5.41) is 9.45.